The maximum absolute atomic E-state index is 14.1. The zero-order valence-corrected chi connectivity index (χ0v) is 9.76. The van der Waals surface area contributed by atoms with Crippen LogP contribution in [0.5, 0.6) is 5.75 Å². The summed E-state index contributed by atoms with van der Waals surface area (Å²) in [5.74, 6) is -0.594. The van der Waals surface area contributed by atoms with E-state index in [1.54, 1.807) is 11.5 Å². The van der Waals surface area contributed by atoms with Crippen LogP contribution in [0.15, 0.2) is 12.1 Å². The van der Waals surface area contributed by atoms with Crippen molar-refractivity contribution in [3.63, 3.8) is 0 Å². The summed E-state index contributed by atoms with van der Waals surface area (Å²) in [7, 11) is 1.43. The number of halogens is 2. The third-order valence-corrected chi connectivity index (χ3v) is 2.88. The van der Waals surface area contributed by atoms with Crippen molar-refractivity contribution in [1.82, 2.24) is 4.57 Å². The first-order valence-electron chi connectivity index (χ1n) is 5.32. The number of fused-ring (bicyclic) bond motifs is 1. The van der Waals surface area contributed by atoms with E-state index in [2.05, 4.69) is 0 Å². The second-order valence-electron chi connectivity index (χ2n) is 3.81. The maximum Gasteiger partial charge on any atom is 0.155 e. The molecule has 0 aliphatic carbocycles. The summed E-state index contributed by atoms with van der Waals surface area (Å²) in [6.07, 6.45) is 0. The zero-order chi connectivity index (χ0) is 12.6. The van der Waals surface area contributed by atoms with Gasteiger partial charge in [-0.3, -0.25) is 0 Å². The molecule has 0 spiro atoms. The molecule has 2 N–H and O–H groups in total. The fraction of sp³-hybridized carbons (Fsp3) is 0.333. The van der Waals surface area contributed by atoms with Gasteiger partial charge in [-0.25, -0.2) is 8.78 Å². The summed E-state index contributed by atoms with van der Waals surface area (Å²) in [4.78, 5) is 0. The van der Waals surface area contributed by atoms with Crippen LogP contribution in [-0.2, 0) is 6.54 Å². The van der Waals surface area contributed by atoms with Crippen molar-refractivity contribution in [2.75, 3.05) is 13.7 Å². The number of ether oxygens (including phenoxy) is 1. The number of methoxy groups -OCH3 is 1. The van der Waals surface area contributed by atoms with Gasteiger partial charge in [-0.05, 0) is 19.1 Å². The Balaban J connectivity index is 2.87. The SMILES string of the molecule is COc1ccc(F)c2c1c(F)c(C)n2CCN. The molecule has 0 aliphatic rings. The monoisotopic (exact) mass is 240 g/mol. The summed E-state index contributed by atoms with van der Waals surface area (Å²) in [5.41, 5.74) is 6.04. The molecule has 5 heteroatoms. The van der Waals surface area contributed by atoms with Gasteiger partial charge >= 0.3 is 0 Å². The molecule has 0 fully saturated rings. The molecule has 1 heterocycles. The lowest BCUT2D eigenvalue weighted by atomic mass is 10.2. The Labute approximate surface area is 97.8 Å². The summed E-state index contributed by atoms with van der Waals surface area (Å²) >= 11 is 0. The van der Waals surface area contributed by atoms with Gasteiger partial charge in [-0.2, -0.15) is 0 Å². The van der Waals surface area contributed by atoms with E-state index in [0.29, 0.717) is 24.5 Å². The maximum atomic E-state index is 14.1. The summed E-state index contributed by atoms with van der Waals surface area (Å²) < 4.78 is 34.5. The van der Waals surface area contributed by atoms with Crippen LogP contribution in [0.25, 0.3) is 10.9 Å². The van der Waals surface area contributed by atoms with Crippen LogP contribution in [0.2, 0.25) is 0 Å². The Kier molecular flexibility index (Phi) is 3.02. The molecule has 17 heavy (non-hydrogen) atoms. The van der Waals surface area contributed by atoms with Crippen molar-refractivity contribution < 1.29 is 13.5 Å². The first-order valence-corrected chi connectivity index (χ1v) is 5.32. The normalized spacial score (nSPS) is 11.1. The molecule has 0 amide bonds. The van der Waals surface area contributed by atoms with Crippen molar-refractivity contribution in [2.45, 2.75) is 13.5 Å². The summed E-state index contributed by atoms with van der Waals surface area (Å²) in [5, 5.41) is 0.179. The molecule has 0 radical (unpaired) electrons. The quantitative estimate of drug-likeness (QED) is 0.893. The fourth-order valence-corrected chi connectivity index (χ4v) is 2.07. The Hall–Kier alpha value is -1.62. The third kappa shape index (κ3) is 1.67. The fourth-order valence-electron chi connectivity index (χ4n) is 2.07. The minimum Gasteiger partial charge on any atom is -0.496 e. The van der Waals surface area contributed by atoms with Crippen LogP contribution in [0.1, 0.15) is 5.69 Å². The topological polar surface area (TPSA) is 40.2 Å². The first-order chi connectivity index (χ1) is 8.11. The van der Waals surface area contributed by atoms with E-state index in [-0.39, 0.29) is 10.9 Å². The van der Waals surface area contributed by atoms with E-state index in [9.17, 15) is 8.78 Å². The van der Waals surface area contributed by atoms with E-state index in [4.69, 9.17) is 10.5 Å². The largest absolute Gasteiger partial charge is 0.496 e. The van der Waals surface area contributed by atoms with Gasteiger partial charge in [-0.15, -0.1) is 0 Å². The number of nitrogens with zero attached hydrogens (tertiary/aromatic N) is 1. The van der Waals surface area contributed by atoms with Gasteiger partial charge in [0, 0.05) is 13.1 Å². The van der Waals surface area contributed by atoms with E-state index < -0.39 is 11.6 Å². The number of aromatic nitrogens is 1. The molecular formula is C12H14F2N2O. The average Bonchev–Trinajstić information content (AvgIpc) is 2.57. The van der Waals surface area contributed by atoms with Crippen LogP contribution >= 0.6 is 0 Å². The highest BCUT2D eigenvalue weighted by Gasteiger charge is 2.20. The Morgan fingerprint density at radius 3 is 2.65 bits per heavy atom. The van der Waals surface area contributed by atoms with Crippen LogP contribution < -0.4 is 10.5 Å². The van der Waals surface area contributed by atoms with Crippen molar-refractivity contribution in [1.29, 1.82) is 0 Å². The van der Waals surface area contributed by atoms with Crippen molar-refractivity contribution >= 4 is 10.9 Å². The first kappa shape index (κ1) is 11.9. The summed E-state index contributed by atoms with van der Waals surface area (Å²) in [6.45, 7) is 2.29. The lowest BCUT2D eigenvalue weighted by Crippen LogP contribution is -2.11. The molecule has 1 aromatic carbocycles. The predicted octanol–water partition coefficient (Wildman–Crippen LogP) is 2.20. The second-order valence-corrected chi connectivity index (χ2v) is 3.81. The molecule has 2 rings (SSSR count). The number of hydrogen-bond donors (Lipinski definition) is 1. The average molecular weight is 240 g/mol. The lowest BCUT2D eigenvalue weighted by molar-refractivity contribution is 0.417. The van der Waals surface area contributed by atoms with Crippen LogP contribution in [-0.4, -0.2) is 18.2 Å². The van der Waals surface area contributed by atoms with Gasteiger partial charge in [0.25, 0.3) is 0 Å². The highest BCUT2D eigenvalue weighted by molar-refractivity contribution is 5.88. The number of rotatable bonds is 3. The third-order valence-electron chi connectivity index (χ3n) is 2.88. The van der Waals surface area contributed by atoms with E-state index >= 15 is 0 Å². The second kappa shape index (κ2) is 4.33. The minimum absolute atomic E-state index is 0.179. The smallest absolute Gasteiger partial charge is 0.155 e. The Bertz CT molecular complexity index is 563. The van der Waals surface area contributed by atoms with E-state index in [1.807, 2.05) is 0 Å². The number of hydrogen-bond acceptors (Lipinski definition) is 2. The van der Waals surface area contributed by atoms with Gasteiger partial charge in [0.15, 0.2) is 5.82 Å². The molecule has 0 unspecified atom stereocenters. The van der Waals surface area contributed by atoms with Crippen LogP contribution in [0.3, 0.4) is 0 Å². The lowest BCUT2D eigenvalue weighted by Gasteiger charge is -2.07. The van der Waals surface area contributed by atoms with Gasteiger partial charge in [-0.1, -0.05) is 0 Å². The molecule has 92 valence electrons. The number of nitrogens with two attached hydrogens (primary N) is 1. The van der Waals surface area contributed by atoms with Crippen molar-refractivity contribution in [2.24, 2.45) is 5.73 Å². The molecule has 0 saturated heterocycles. The van der Waals surface area contributed by atoms with Crippen LogP contribution in [0, 0.1) is 18.6 Å². The number of benzene rings is 1. The Morgan fingerprint density at radius 2 is 2.06 bits per heavy atom. The van der Waals surface area contributed by atoms with Crippen LogP contribution in [0.4, 0.5) is 8.78 Å². The molecular weight excluding hydrogens is 226 g/mol. The molecule has 0 aliphatic heterocycles. The van der Waals surface area contributed by atoms with E-state index in [1.165, 1.54) is 19.2 Å². The van der Waals surface area contributed by atoms with Gasteiger partial charge in [0.1, 0.15) is 11.6 Å². The van der Waals surface area contributed by atoms with Crippen molar-refractivity contribution in [3.8, 4) is 5.75 Å². The van der Waals surface area contributed by atoms with E-state index in [0.717, 1.165) is 0 Å². The van der Waals surface area contributed by atoms with Gasteiger partial charge in [0.05, 0.1) is 23.7 Å². The minimum atomic E-state index is -0.471. The standard InChI is InChI=1S/C12H14F2N2O/c1-7-11(14)10-9(17-2)4-3-8(13)12(10)16(7)6-5-15/h3-4H,5-6,15H2,1-2H3. The van der Waals surface area contributed by atoms with Crippen molar-refractivity contribution in [3.05, 3.63) is 29.5 Å². The molecule has 0 atom stereocenters. The predicted molar refractivity (Wildman–Crippen MR) is 62.2 cm³/mol. The molecule has 1 aromatic heterocycles. The Morgan fingerprint density at radius 1 is 1.35 bits per heavy atom. The molecule has 0 bridgehead atoms. The molecule has 0 saturated carbocycles. The molecule has 2 aromatic rings. The van der Waals surface area contributed by atoms with Gasteiger partial charge in [0.2, 0.25) is 0 Å². The highest BCUT2D eigenvalue weighted by atomic mass is 19.1. The molecule has 3 nitrogen and oxygen atoms in total. The highest BCUT2D eigenvalue weighted by Crippen LogP contribution is 2.33. The summed E-state index contributed by atoms with van der Waals surface area (Å²) in [6, 6.07) is 2.69. The zero-order valence-electron chi connectivity index (χ0n) is 9.76. The van der Waals surface area contributed by atoms with Gasteiger partial charge < -0.3 is 15.0 Å².